The molecule has 0 heterocycles. The van der Waals surface area contributed by atoms with Crippen LogP contribution in [0.5, 0.6) is 0 Å². The van der Waals surface area contributed by atoms with Crippen LogP contribution in [0.1, 0.15) is 27.6 Å². The van der Waals surface area contributed by atoms with Gasteiger partial charge in [0.1, 0.15) is 0 Å². The second kappa shape index (κ2) is 6.30. The van der Waals surface area contributed by atoms with E-state index in [4.69, 9.17) is 11.6 Å². The van der Waals surface area contributed by atoms with Crippen molar-refractivity contribution in [1.29, 1.82) is 0 Å². The molecule has 100 valence electrons. The number of benzene rings is 2. The van der Waals surface area contributed by atoms with Gasteiger partial charge in [0.2, 0.25) is 0 Å². The first-order valence-corrected chi connectivity index (χ1v) is 8.57. The molecule has 2 aromatic rings. The van der Waals surface area contributed by atoms with Crippen molar-refractivity contribution in [2.45, 2.75) is 19.2 Å². The third-order valence-electron chi connectivity index (χ3n) is 3.04. The quantitative estimate of drug-likeness (QED) is 0.421. The van der Waals surface area contributed by atoms with E-state index in [1.54, 1.807) is 0 Å². The van der Waals surface area contributed by atoms with Gasteiger partial charge in [-0.15, -0.1) is 11.6 Å². The van der Waals surface area contributed by atoms with Crippen LogP contribution < -0.4 is 0 Å². The Kier molecular flexibility index (Phi) is 5.15. The lowest BCUT2D eigenvalue weighted by Gasteiger charge is -2.15. The Morgan fingerprint density at radius 1 is 0.842 bits per heavy atom. The Bertz CT molecular complexity index is 623. The van der Waals surface area contributed by atoms with Crippen LogP contribution in [0.2, 0.25) is 0 Å². The Labute approximate surface area is 143 Å². The molecule has 0 fully saturated rings. The zero-order valence-corrected chi connectivity index (χ0v) is 16.0. The van der Waals surface area contributed by atoms with Crippen molar-refractivity contribution in [3.63, 3.8) is 0 Å². The Balaban J connectivity index is 2.46. The summed E-state index contributed by atoms with van der Waals surface area (Å²) >= 11 is 17.3. The van der Waals surface area contributed by atoms with E-state index in [1.165, 1.54) is 11.1 Å². The van der Waals surface area contributed by atoms with Gasteiger partial charge in [-0.1, -0.05) is 59.9 Å². The summed E-state index contributed by atoms with van der Waals surface area (Å²) in [6.07, 6.45) is 0. The van der Waals surface area contributed by atoms with E-state index >= 15 is 0 Å². The molecule has 19 heavy (non-hydrogen) atoms. The van der Waals surface area contributed by atoms with E-state index in [2.05, 4.69) is 92.0 Å². The van der Waals surface area contributed by atoms with Crippen LogP contribution in [-0.4, -0.2) is 0 Å². The minimum absolute atomic E-state index is 0.178. The van der Waals surface area contributed by atoms with Gasteiger partial charge >= 0.3 is 0 Å². The zero-order chi connectivity index (χ0) is 14.2. The minimum Gasteiger partial charge on any atom is -0.113 e. The average Bonchev–Trinajstić information content (AvgIpc) is 2.36. The van der Waals surface area contributed by atoms with Crippen molar-refractivity contribution >= 4 is 59.4 Å². The minimum atomic E-state index is -0.178. The van der Waals surface area contributed by atoms with Crippen LogP contribution in [0.15, 0.2) is 43.7 Å². The van der Waals surface area contributed by atoms with Crippen LogP contribution in [0.25, 0.3) is 0 Å². The first-order chi connectivity index (χ1) is 8.90. The maximum Gasteiger partial charge on any atom is 0.0847 e. The molecule has 0 amide bonds. The zero-order valence-electron chi connectivity index (χ0n) is 10.5. The van der Waals surface area contributed by atoms with Crippen molar-refractivity contribution in [2.75, 3.05) is 0 Å². The summed E-state index contributed by atoms with van der Waals surface area (Å²) in [5, 5.41) is -0.178. The van der Waals surface area contributed by atoms with Gasteiger partial charge < -0.3 is 0 Å². The highest BCUT2D eigenvalue weighted by atomic mass is 79.9. The Morgan fingerprint density at radius 3 is 2.11 bits per heavy atom. The fourth-order valence-electron chi connectivity index (χ4n) is 1.80. The van der Waals surface area contributed by atoms with Gasteiger partial charge in [-0.25, -0.2) is 0 Å². The number of halogens is 4. The fraction of sp³-hybridized carbons (Fsp3) is 0.200. The highest BCUT2D eigenvalue weighted by molar-refractivity contribution is 9.11. The summed E-state index contributed by atoms with van der Waals surface area (Å²) in [4.78, 5) is 0. The Morgan fingerprint density at radius 2 is 1.47 bits per heavy atom. The van der Waals surface area contributed by atoms with Gasteiger partial charge in [0.05, 0.1) is 5.38 Å². The second-order valence-electron chi connectivity index (χ2n) is 4.49. The van der Waals surface area contributed by atoms with E-state index in [9.17, 15) is 0 Å². The smallest absolute Gasteiger partial charge is 0.0847 e. The molecule has 0 spiro atoms. The number of hydrogen-bond acceptors (Lipinski definition) is 0. The summed E-state index contributed by atoms with van der Waals surface area (Å²) in [7, 11) is 0. The average molecular weight is 467 g/mol. The van der Waals surface area contributed by atoms with Gasteiger partial charge in [0, 0.05) is 13.4 Å². The maximum absolute atomic E-state index is 6.61. The van der Waals surface area contributed by atoms with Crippen LogP contribution in [-0.2, 0) is 0 Å². The van der Waals surface area contributed by atoms with Crippen LogP contribution in [0, 0.1) is 13.8 Å². The number of alkyl halides is 1. The largest absolute Gasteiger partial charge is 0.113 e. The number of hydrogen-bond donors (Lipinski definition) is 0. The SMILES string of the molecule is Cc1ccc(C(Cl)c2cc(Br)c(C)cc2Br)cc1Br. The predicted octanol–water partition coefficient (Wildman–Crippen LogP) is 6.92. The summed E-state index contributed by atoms with van der Waals surface area (Å²) in [6, 6.07) is 10.4. The van der Waals surface area contributed by atoms with Crippen LogP contribution >= 0.6 is 59.4 Å². The lowest BCUT2D eigenvalue weighted by Crippen LogP contribution is -1.96. The molecule has 0 saturated carbocycles. The van der Waals surface area contributed by atoms with E-state index < -0.39 is 0 Å². The molecule has 0 N–H and O–H groups in total. The van der Waals surface area contributed by atoms with Gasteiger partial charge in [-0.2, -0.15) is 0 Å². The topological polar surface area (TPSA) is 0 Å². The van der Waals surface area contributed by atoms with Crippen molar-refractivity contribution in [1.82, 2.24) is 0 Å². The molecule has 0 nitrogen and oxygen atoms in total. The summed E-state index contributed by atoms with van der Waals surface area (Å²) in [6.45, 7) is 4.12. The molecule has 1 atom stereocenters. The molecule has 0 aliphatic rings. The first-order valence-electron chi connectivity index (χ1n) is 5.76. The molecule has 0 radical (unpaired) electrons. The molecular formula is C15H12Br3Cl. The second-order valence-corrected chi connectivity index (χ2v) is 7.49. The molecule has 0 aliphatic heterocycles. The summed E-state index contributed by atoms with van der Waals surface area (Å²) in [5.41, 5.74) is 4.53. The molecule has 2 aromatic carbocycles. The van der Waals surface area contributed by atoms with Crippen molar-refractivity contribution in [3.8, 4) is 0 Å². The molecule has 4 heteroatoms. The molecular weight excluding hydrogens is 455 g/mol. The first kappa shape index (κ1) is 15.6. The number of rotatable bonds is 2. The van der Waals surface area contributed by atoms with Crippen molar-refractivity contribution in [2.24, 2.45) is 0 Å². The molecule has 2 rings (SSSR count). The van der Waals surface area contributed by atoms with E-state index in [-0.39, 0.29) is 5.38 Å². The standard InChI is InChI=1S/C15H12Br3Cl/c1-8-3-4-10(6-12(8)16)15(19)11-7-13(17)9(2)5-14(11)18/h3-7,15H,1-2H3. The van der Waals surface area contributed by atoms with Gasteiger partial charge in [-0.05, 0) is 54.3 Å². The van der Waals surface area contributed by atoms with E-state index in [0.29, 0.717) is 0 Å². The Hall–Kier alpha value is 0.170. The molecule has 0 aromatic heterocycles. The van der Waals surface area contributed by atoms with Crippen molar-refractivity contribution < 1.29 is 0 Å². The van der Waals surface area contributed by atoms with Gasteiger partial charge in [-0.3, -0.25) is 0 Å². The maximum atomic E-state index is 6.61. The highest BCUT2D eigenvalue weighted by Crippen LogP contribution is 2.37. The monoisotopic (exact) mass is 464 g/mol. The number of aryl methyl sites for hydroxylation is 2. The van der Waals surface area contributed by atoms with Gasteiger partial charge in [0.15, 0.2) is 0 Å². The lowest BCUT2D eigenvalue weighted by atomic mass is 10.0. The molecule has 0 bridgehead atoms. The molecule has 0 aliphatic carbocycles. The summed E-state index contributed by atoms with van der Waals surface area (Å²) in [5.74, 6) is 0. The molecule has 1 unspecified atom stereocenters. The third kappa shape index (κ3) is 3.44. The van der Waals surface area contributed by atoms with E-state index in [0.717, 1.165) is 24.5 Å². The normalized spacial score (nSPS) is 12.5. The van der Waals surface area contributed by atoms with E-state index in [1.807, 2.05) is 0 Å². The highest BCUT2D eigenvalue weighted by Gasteiger charge is 2.16. The lowest BCUT2D eigenvalue weighted by molar-refractivity contribution is 1.11. The van der Waals surface area contributed by atoms with Crippen LogP contribution in [0.3, 0.4) is 0 Å². The van der Waals surface area contributed by atoms with Crippen molar-refractivity contribution in [3.05, 3.63) is 66.0 Å². The fourth-order valence-corrected chi connectivity index (χ4v) is 3.69. The van der Waals surface area contributed by atoms with Gasteiger partial charge in [0.25, 0.3) is 0 Å². The van der Waals surface area contributed by atoms with Crippen LogP contribution in [0.4, 0.5) is 0 Å². The summed E-state index contributed by atoms with van der Waals surface area (Å²) < 4.78 is 3.19. The predicted molar refractivity (Wildman–Crippen MR) is 93.2 cm³/mol. The third-order valence-corrected chi connectivity index (χ3v) is 5.92. The molecule has 0 saturated heterocycles.